The molecule has 0 saturated carbocycles. The average molecular weight is 414 g/mol. The molecule has 3 rings (SSSR count). The topological polar surface area (TPSA) is 63.7 Å². The van der Waals surface area contributed by atoms with Gasteiger partial charge in [0.05, 0.1) is 0 Å². The van der Waals surface area contributed by atoms with Crippen LogP contribution in [0.3, 0.4) is 0 Å². The molecule has 2 heterocycles. The Bertz CT molecular complexity index is 701. The van der Waals surface area contributed by atoms with Gasteiger partial charge in [-0.15, -0.1) is 24.8 Å². The van der Waals surface area contributed by atoms with Crippen LogP contribution in [0.2, 0.25) is 0 Å². The van der Waals surface area contributed by atoms with E-state index in [0.717, 1.165) is 6.54 Å². The van der Waals surface area contributed by atoms with Crippen LogP contribution in [0.1, 0.15) is 13.8 Å². The maximum atomic E-state index is 12.4. The zero-order chi connectivity index (χ0) is 17.6. The third-order valence-electron chi connectivity index (χ3n) is 4.40. The summed E-state index contributed by atoms with van der Waals surface area (Å²) < 4.78 is 11.3. The molecule has 1 fully saturated rings. The predicted molar refractivity (Wildman–Crippen MR) is 109 cm³/mol. The van der Waals surface area contributed by atoms with Crippen LogP contribution in [-0.4, -0.2) is 47.6 Å². The van der Waals surface area contributed by atoms with Crippen LogP contribution in [0.25, 0.3) is 0 Å². The van der Waals surface area contributed by atoms with Crippen LogP contribution in [0.15, 0.2) is 48.7 Å². The summed E-state index contributed by atoms with van der Waals surface area (Å²) in [4.78, 5) is 18.4. The number of nitrogens with zero attached hydrogens (tertiary/aromatic N) is 2. The Balaban J connectivity index is 0.00000182. The number of nitrogens with one attached hydrogen (secondary N) is 1. The number of hydrogen-bond donors (Lipinski definition) is 1. The third-order valence-corrected chi connectivity index (χ3v) is 4.40. The third kappa shape index (κ3) is 6.27. The lowest BCUT2D eigenvalue weighted by molar-refractivity contribution is -0.137. The second-order valence-corrected chi connectivity index (χ2v) is 6.10. The Morgan fingerprint density at radius 3 is 2.52 bits per heavy atom. The van der Waals surface area contributed by atoms with Gasteiger partial charge in [-0.05, 0) is 44.2 Å². The van der Waals surface area contributed by atoms with Gasteiger partial charge in [-0.2, -0.15) is 0 Å². The number of carbonyl (C=O) groups is 1. The van der Waals surface area contributed by atoms with Gasteiger partial charge in [0, 0.05) is 37.4 Å². The van der Waals surface area contributed by atoms with Crippen molar-refractivity contribution in [2.75, 3.05) is 19.7 Å². The first kappa shape index (κ1) is 23.0. The van der Waals surface area contributed by atoms with Crippen LogP contribution in [0, 0.1) is 0 Å². The van der Waals surface area contributed by atoms with E-state index in [1.165, 1.54) is 0 Å². The number of piperazine rings is 1. The average Bonchev–Trinajstić information content (AvgIpc) is 2.64. The predicted octanol–water partition coefficient (Wildman–Crippen LogP) is 3.31. The number of hydrogen-bond acceptors (Lipinski definition) is 5. The Labute approximate surface area is 172 Å². The van der Waals surface area contributed by atoms with E-state index in [4.69, 9.17) is 9.47 Å². The Kier molecular flexibility index (Phi) is 9.35. The van der Waals surface area contributed by atoms with Crippen molar-refractivity contribution < 1.29 is 14.3 Å². The molecule has 8 heteroatoms. The molecular weight excluding hydrogens is 389 g/mol. The highest BCUT2D eigenvalue weighted by molar-refractivity contribution is 5.85. The smallest absolute Gasteiger partial charge is 0.260 e. The number of amides is 1. The van der Waals surface area contributed by atoms with E-state index in [0.29, 0.717) is 30.0 Å². The molecule has 0 aliphatic carbocycles. The zero-order valence-electron chi connectivity index (χ0n) is 15.3. The molecule has 0 spiro atoms. The molecule has 27 heavy (non-hydrogen) atoms. The highest BCUT2D eigenvalue weighted by Gasteiger charge is 2.28. The largest absolute Gasteiger partial charge is 0.484 e. The summed E-state index contributed by atoms with van der Waals surface area (Å²) in [6, 6.07) is 13.1. The van der Waals surface area contributed by atoms with Gasteiger partial charge in [0.25, 0.3) is 5.91 Å². The molecule has 1 aromatic heterocycles. The van der Waals surface area contributed by atoms with Gasteiger partial charge in [0.15, 0.2) is 6.61 Å². The Morgan fingerprint density at radius 1 is 1.15 bits per heavy atom. The number of rotatable bonds is 5. The van der Waals surface area contributed by atoms with E-state index in [1.807, 2.05) is 17.0 Å². The van der Waals surface area contributed by atoms with E-state index in [9.17, 15) is 4.79 Å². The fourth-order valence-electron chi connectivity index (χ4n) is 2.77. The van der Waals surface area contributed by atoms with Crippen molar-refractivity contribution in [3.63, 3.8) is 0 Å². The normalized spacial score (nSPS) is 18.7. The first-order valence-electron chi connectivity index (χ1n) is 8.48. The maximum absolute atomic E-state index is 12.4. The monoisotopic (exact) mass is 413 g/mol. The van der Waals surface area contributed by atoms with Gasteiger partial charge < -0.3 is 19.7 Å². The van der Waals surface area contributed by atoms with Gasteiger partial charge in [-0.25, -0.2) is 4.98 Å². The Morgan fingerprint density at radius 2 is 1.85 bits per heavy atom. The van der Waals surface area contributed by atoms with Gasteiger partial charge in [0.2, 0.25) is 5.88 Å². The molecule has 0 radical (unpaired) electrons. The van der Waals surface area contributed by atoms with Gasteiger partial charge in [-0.1, -0.05) is 6.07 Å². The molecule has 148 valence electrons. The van der Waals surface area contributed by atoms with Crippen molar-refractivity contribution in [3.8, 4) is 17.4 Å². The van der Waals surface area contributed by atoms with Crippen molar-refractivity contribution in [1.82, 2.24) is 15.2 Å². The van der Waals surface area contributed by atoms with Crippen molar-refractivity contribution in [1.29, 1.82) is 0 Å². The number of ether oxygens (including phenoxy) is 2. The molecule has 6 nitrogen and oxygen atoms in total. The number of aromatic nitrogens is 1. The standard InChI is InChI=1S/C19H23N3O3.2ClH/c1-14-15(2)22(12-11-20-14)19(23)13-24-16-6-8-17(9-7-16)25-18-5-3-4-10-21-18;;/h3-10,14-15,20H,11-13H2,1-2H3;2*1H. The number of halogens is 2. The van der Waals surface area contributed by atoms with Crippen LogP contribution >= 0.6 is 24.8 Å². The summed E-state index contributed by atoms with van der Waals surface area (Å²) in [6.45, 7) is 5.71. The van der Waals surface area contributed by atoms with Gasteiger partial charge in [0.1, 0.15) is 11.5 Å². The first-order valence-corrected chi connectivity index (χ1v) is 8.48. The summed E-state index contributed by atoms with van der Waals surface area (Å²) >= 11 is 0. The molecule has 1 aliphatic rings. The Hall–Kier alpha value is -2.02. The molecule has 2 atom stereocenters. The van der Waals surface area contributed by atoms with Crippen LogP contribution in [0.4, 0.5) is 0 Å². The molecule has 2 aromatic rings. The van der Waals surface area contributed by atoms with E-state index in [1.54, 1.807) is 36.5 Å². The molecule has 0 bridgehead atoms. The SMILES string of the molecule is CC1NCCN(C(=O)COc2ccc(Oc3ccccn3)cc2)C1C.Cl.Cl. The second-order valence-electron chi connectivity index (χ2n) is 6.10. The van der Waals surface area contributed by atoms with Gasteiger partial charge in [-0.3, -0.25) is 4.79 Å². The molecule has 2 unspecified atom stereocenters. The van der Waals surface area contributed by atoms with Crippen molar-refractivity contribution >= 4 is 30.7 Å². The fourth-order valence-corrected chi connectivity index (χ4v) is 2.77. The zero-order valence-corrected chi connectivity index (χ0v) is 17.0. The summed E-state index contributed by atoms with van der Waals surface area (Å²) in [6.07, 6.45) is 1.68. The highest BCUT2D eigenvalue weighted by atomic mass is 35.5. The minimum absolute atomic E-state index is 0. The summed E-state index contributed by atoms with van der Waals surface area (Å²) in [5.41, 5.74) is 0. The van der Waals surface area contributed by atoms with Gasteiger partial charge >= 0.3 is 0 Å². The lowest BCUT2D eigenvalue weighted by atomic mass is 10.1. The highest BCUT2D eigenvalue weighted by Crippen LogP contribution is 2.22. The minimum Gasteiger partial charge on any atom is -0.484 e. The maximum Gasteiger partial charge on any atom is 0.260 e. The van der Waals surface area contributed by atoms with E-state index >= 15 is 0 Å². The minimum atomic E-state index is 0. The number of benzene rings is 1. The molecule has 1 amide bonds. The van der Waals surface area contributed by atoms with Crippen LogP contribution in [-0.2, 0) is 4.79 Å². The number of pyridine rings is 1. The van der Waals surface area contributed by atoms with Crippen LogP contribution in [0.5, 0.6) is 17.4 Å². The quantitative estimate of drug-likeness (QED) is 0.814. The van der Waals surface area contributed by atoms with Crippen LogP contribution < -0.4 is 14.8 Å². The fraction of sp³-hybridized carbons (Fsp3) is 0.368. The second kappa shape index (κ2) is 11.0. The molecule has 1 N–H and O–H groups in total. The molecule has 1 aromatic carbocycles. The summed E-state index contributed by atoms with van der Waals surface area (Å²) in [5.74, 6) is 1.85. The lowest BCUT2D eigenvalue weighted by Gasteiger charge is -2.38. The van der Waals surface area contributed by atoms with E-state index in [2.05, 4.69) is 24.1 Å². The van der Waals surface area contributed by atoms with Crippen molar-refractivity contribution in [3.05, 3.63) is 48.7 Å². The van der Waals surface area contributed by atoms with E-state index < -0.39 is 0 Å². The lowest BCUT2D eigenvalue weighted by Crippen LogP contribution is -2.58. The van der Waals surface area contributed by atoms with Crippen molar-refractivity contribution in [2.45, 2.75) is 25.9 Å². The summed E-state index contributed by atoms with van der Waals surface area (Å²) in [7, 11) is 0. The molecule has 1 aliphatic heterocycles. The molecular formula is C19H25Cl2N3O3. The molecule has 1 saturated heterocycles. The first-order chi connectivity index (χ1) is 12.1. The van der Waals surface area contributed by atoms with E-state index in [-0.39, 0.29) is 43.4 Å². The van der Waals surface area contributed by atoms with Crippen molar-refractivity contribution in [2.24, 2.45) is 0 Å². The number of carbonyl (C=O) groups excluding carboxylic acids is 1. The summed E-state index contributed by atoms with van der Waals surface area (Å²) in [5, 5.41) is 3.36.